The summed E-state index contributed by atoms with van der Waals surface area (Å²) in [6.07, 6.45) is 6.80. The molecule has 0 radical (unpaired) electrons. The molecule has 146 valence electrons. The van der Waals surface area contributed by atoms with Crippen LogP contribution >= 0.6 is 0 Å². The minimum Gasteiger partial charge on any atom is -0.390 e. The topological polar surface area (TPSA) is 70.4 Å². The predicted octanol–water partition coefficient (Wildman–Crippen LogP) is 3.99. The normalized spacial score (nSPS) is 50.9. The molecule has 0 spiro atoms. The van der Waals surface area contributed by atoms with E-state index >= 15 is 0 Å². The van der Waals surface area contributed by atoms with Crippen molar-refractivity contribution in [1.29, 1.82) is 5.41 Å². The van der Waals surface area contributed by atoms with Crippen LogP contribution < -0.4 is 0 Å². The number of carbonyl (C=O) groups excluding carboxylic acids is 1. The molecule has 0 amide bonds. The Labute approximate surface area is 157 Å². The Morgan fingerprint density at radius 1 is 1.19 bits per heavy atom. The number of rotatable bonds is 3. The number of hydrogen-bond donors (Lipinski definition) is 2. The fourth-order valence-electron chi connectivity index (χ4n) is 7.45. The summed E-state index contributed by atoms with van der Waals surface area (Å²) in [5, 5.41) is 19.5. The summed E-state index contributed by atoms with van der Waals surface area (Å²) in [5.74, 6) is 1.91. The van der Waals surface area contributed by atoms with Crippen molar-refractivity contribution in [2.45, 2.75) is 84.3 Å². The van der Waals surface area contributed by atoms with Crippen LogP contribution in [0.4, 0.5) is 0 Å². The van der Waals surface area contributed by atoms with E-state index in [1.54, 1.807) is 0 Å². The molecule has 4 heteroatoms. The molecule has 0 aromatic rings. The van der Waals surface area contributed by atoms with Crippen molar-refractivity contribution in [2.75, 3.05) is 6.61 Å². The molecule has 0 aliphatic heterocycles. The number of carbonyl (C=O) groups is 1. The number of aliphatic hydroxyl groups excluding tert-OH is 1. The fraction of sp³-hybridized carbons (Fsp3) is 0.909. The second-order valence-corrected chi connectivity index (χ2v) is 9.96. The molecule has 4 nitrogen and oxygen atoms in total. The number of hydrogen-bond acceptors (Lipinski definition) is 4. The molecule has 4 aliphatic rings. The smallest absolute Gasteiger partial charge is 0.139 e. The van der Waals surface area contributed by atoms with Crippen LogP contribution in [0.2, 0.25) is 0 Å². The van der Waals surface area contributed by atoms with Gasteiger partial charge in [0.15, 0.2) is 0 Å². The van der Waals surface area contributed by atoms with Gasteiger partial charge in [0, 0.05) is 30.1 Å². The zero-order valence-electron chi connectivity index (χ0n) is 16.6. The second-order valence-electron chi connectivity index (χ2n) is 9.96. The standard InChI is InChI=1S/C22H35NO3/c1-4-11-26-20-15-6-5-13-14-7-8-18(25)22(14,3)12-16(23)19(13)21(15,2)10-9-17(20)24/h13-15,17,19-20,23-24H,4-12H2,1-3H3/t13?,14-,15-,17+,19+,20+,21-,22?/m0/s1. The third-order valence-electron chi connectivity index (χ3n) is 8.65. The highest BCUT2D eigenvalue weighted by Crippen LogP contribution is 2.64. The molecular formula is C22H35NO3. The maximum atomic E-state index is 12.6. The zero-order valence-corrected chi connectivity index (χ0v) is 16.6. The summed E-state index contributed by atoms with van der Waals surface area (Å²) in [6, 6.07) is 0. The van der Waals surface area contributed by atoms with E-state index in [1.165, 1.54) is 0 Å². The molecule has 2 unspecified atom stereocenters. The van der Waals surface area contributed by atoms with Gasteiger partial charge in [-0.25, -0.2) is 0 Å². The quantitative estimate of drug-likeness (QED) is 0.798. The Kier molecular flexibility index (Phi) is 4.59. The van der Waals surface area contributed by atoms with Gasteiger partial charge in [-0.3, -0.25) is 4.79 Å². The lowest BCUT2D eigenvalue weighted by Crippen LogP contribution is -2.61. The molecule has 0 aromatic carbocycles. The fourth-order valence-corrected chi connectivity index (χ4v) is 7.45. The number of nitrogens with one attached hydrogen (secondary N) is 1. The van der Waals surface area contributed by atoms with E-state index in [0.717, 1.165) is 44.2 Å². The van der Waals surface area contributed by atoms with Crippen LogP contribution in [0.1, 0.15) is 72.1 Å². The Morgan fingerprint density at radius 3 is 2.69 bits per heavy atom. The molecule has 0 saturated heterocycles. The lowest BCUT2D eigenvalue weighted by molar-refractivity contribution is -0.169. The summed E-state index contributed by atoms with van der Waals surface area (Å²) in [7, 11) is 0. The highest BCUT2D eigenvalue weighted by molar-refractivity contribution is 5.96. The maximum Gasteiger partial charge on any atom is 0.139 e. The largest absolute Gasteiger partial charge is 0.390 e. The highest BCUT2D eigenvalue weighted by atomic mass is 16.5. The summed E-state index contributed by atoms with van der Waals surface area (Å²) in [5.41, 5.74) is 0.556. The van der Waals surface area contributed by atoms with E-state index in [2.05, 4.69) is 20.8 Å². The summed E-state index contributed by atoms with van der Waals surface area (Å²) in [6.45, 7) is 7.30. The Morgan fingerprint density at radius 2 is 1.96 bits per heavy atom. The molecular weight excluding hydrogens is 326 g/mol. The van der Waals surface area contributed by atoms with Gasteiger partial charge in [-0.15, -0.1) is 0 Å². The van der Waals surface area contributed by atoms with Crippen molar-refractivity contribution in [1.82, 2.24) is 0 Å². The van der Waals surface area contributed by atoms with Gasteiger partial charge in [-0.2, -0.15) is 0 Å². The molecule has 2 N–H and O–H groups in total. The Hall–Kier alpha value is -0.740. The lowest BCUT2D eigenvalue weighted by atomic mass is 9.44. The van der Waals surface area contributed by atoms with Gasteiger partial charge in [0.1, 0.15) is 5.78 Å². The summed E-state index contributed by atoms with van der Waals surface area (Å²) in [4.78, 5) is 12.6. The third kappa shape index (κ3) is 2.47. The van der Waals surface area contributed by atoms with Crippen molar-refractivity contribution < 1.29 is 14.6 Å². The number of aliphatic hydroxyl groups is 1. The number of ether oxygens (including phenoxy) is 1. The summed E-state index contributed by atoms with van der Waals surface area (Å²) >= 11 is 0. The van der Waals surface area contributed by atoms with Gasteiger partial charge in [0.05, 0.1) is 12.2 Å². The van der Waals surface area contributed by atoms with Gasteiger partial charge in [0.25, 0.3) is 0 Å². The van der Waals surface area contributed by atoms with Crippen LogP contribution in [0, 0.1) is 39.9 Å². The number of Topliss-reactive ketones (excluding diaryl/α,β-unsaturated/α-hetero) is 1. The Bertz CT molecular complexity index is 604. The molecule has 0 bridgehead atoms. The molecule has 8 atom stereocenters. The van der Waals surface area contributed by atoms with Crippen LogP contribution in [-0.2, 0) is 9.53 Å². The molecule has 4 saturated carbocycles. The van der Waals surface area contributed by atoms with Crippen molar-refractivity contribution in [2.24, 2.45) is 34.5 Å². The predicted molar refractivity (Wildman–Crippen MR) is 101 cm³/mol. The van der Waals surface area contributed by atoms with E-state index in [1.807, 2.05) is 0 Å². The zero-order chi connectivity index (χ0) is 18.7. The van der Waals surface area contributed by atoms with Crippen molar-refractivity contribution >= 4 is 11.5 Å². The van der Waals surface area contributed by atoms with E-state index < -0.39 is 0 Å². The van der Waals surface area contributed by atoms with Gasteiger partial charge in [-0.05, 0) is 68.1 Å². The molecule has 4 aliphatic carbocycles. The molecule has 4 rings (SSSR count). The molecule has 0 aromatic heterocycles. The first-order valence-electron chi connectivity index (χ1n) is 10.7. The minimum absolute atomic E-state index is 0.0323. The van der Waals surface area contributed by atoms with Crippen LogP contribution in [0.3, 0.4) is 0 Å². The first-order chi connectivity index (χ1) is 12.3. The Balaban J connectivity index is 1.66. The van der Waals surface area contributed by atoms with Gasteiger partial charge >= 0.3 is 0 Å². The van der Waals surface area contributed by atoms with Gasteiger partial charge in [0.2, 0.25) is 0 Å². The van der Waals surface area contributed by atoms with Crippen LogP contribution in [-0.4, -0.2) is 35.4 Å². The third-order valence-corrected chi connectivity index (χ3v) is 8.65. The molecule has 0 heterocycles. The van der Waals surface area contributed by atoms with E-state index in [-0.39, 0.29) is 29.0 Å². The first-order valence-corrected chi connectivity index (χ1v) is 10.7. The summed E-state index contributed by atoms with van der Waals surface area (Å²) < 4.78 is 6.14. The van der Waals surface area contributed by atoms with Crippen LogP contribution in [0.5, 0.6) is 0 Å². The molecule has 4 fully saturated rings. The van der Waals surface area contributed by atoms with Gasteiger partial charge in [-0.1, -0.05) is 20.8 Å². The van der Waals surface area contributed by atoms with Gasteiger partial charge < -0.3 is 15.3 Å². The highest BCUT2D eigenvalue weighted by Gasteiger charge is 2.63. The number of ketones is 1. The number of fused-ring (bicyclic) bond motifs is 5. The average molecular weight is 362 g/mol. The average Bonchev–Trinajstić information content (AvgIpc) is 2.89. The second kappa shape index (κ2) is 6.41. The van der Waals surface area contributed by atoms with Crippen molar-refractivity contribution in [3.05, 3.63) is 0 Å². The van der Waals surface area contributed by atoms with Crippen LogP contribution in [0.25, 0.3) is 0 Å². The van der Waals surface area contributed by atoms with E-state index in [9.17, 15) is 9.90 Å². The molecule has 26 heavy (non-hydrogen) atoms. The minimum atomic E-state index is -0.368. The lowest BCUT2D eigenvalue weighted by Gasteiger charge is -2.61. The van der Waals surface area contributed by atoms with Crippen LogP contribution in [0.15, 0.2) is 0 Å². The van der Waals surface area contributed by atoms with E-state index in [4.69, 9.17) is 10.1 Å². The van der Waals surface area contributed by atoms with Crippen molar-refractivity contribution in [3.8, 4) is 0 Å². The maximum absolute atomic E-state index is 12.6. The monoisotopic (exact) mass is 361 g/mol. The van der Waals surface area contributed by atoms with Crippen molar-refractivity contribution in [3.63, 3.8) is 0 Å². The first kappa shape index (κ1) is 18.6. The van der Waals surface area contributed by atoms with E-state index in [0.29, 0.717) is 43.0 Å². The SMILES string of the molecule is CCCO[C@H]1[C@H](O)CC[C@]2(C)[C@H]3C(=N)CC4(C)C(=O)CC[C@H]4C3CC[C@@H]12.